The van der Waals surface area contributed by atoms with E-state index >= 15 is 0 Å². The van der Waals surface area contributed by atoms with Gasteiger partial charge in [-0.3, -0.25) is 9.00 Å². The minimum atomic E-state index is -1.02. The molecule has 0 spiro atoms. The van der Waals surface area contributed by atoms with Gasteiger partial charge in [0.15, 0.2) is 0 Å². The zero-order valence-electron chi connectivity index (χ0n) is 11.1. The zero-order valence-corrected chi connectivity index (χ0v) is 11.9. The van der Waals surface area contributed by atoms with Gasteiger partial charge in [0.1, 0.15) is 0 Å². The van der Waals surface area contributed by atoms with Crippen molar-refractivity contribution in [1.82, 2.24) is 0 Å². The van der Waals surface area contributed by atoms with E-state index in [4.69, 9.17) is 4.74 Å². The van der Waals surface area contributed by atoms with Gasteiger partial charge in [-0.15, -0.1) is 0 Å². The van der Waals surface area contributed by atoms with Crippen molar-refractivity contribution in [1.29, 1.82) is 0 Å². The molecule has 1 aromatic carbocycles. The highest BCUT2D eigenvalue weighted by Crippen LogP contribution is 2.20. The van der Waals surface area contributed by atoms with E-state index in [2.05, 4.69) is 0 Å². The lowest BCUT2D eigenvalue weighted by Crippen LogP contribution is -2.24. The SMILES string of the molecule is CCC(C)S(=O)CC(C(=O)OC)c1ccccc1. The fraction of sp³-hybridized carbons (Fsp3) is 0.500. The van der Waals surface area contributed by atoms with Crippen LogP contribution in [-0.2, 0) is 20.3 Å². The van der Waals surface area contributed by atoms with Gasteiger partial charge in [0.2, 0.25) is 0 Å². The van der Waals surface area contributed by atoms with Crippen molar-refractivity contribution in [2.75, 3.05) is 12.9 Å². The molecule has 0 saturated heterocycles. The maximum Gasteiger partial charge on any atom is 0.314 e. The summed E-state index contributed by atoms with van der Waals surface area (Å²) in [5, 5.41) is 0.0980. The van der Waals surface area contributed by atoms with Crippen LogP contribution in [0, 0.1) is 0 Å². The van der Waals surface area contributed by atoms with Gasteiger partial charge in [-0.2, -0.15) is 0 Å². The predicted molar refractivity (Wildman–Crippen MR) is 74.0 cm³/mol. The Bertz CT molecular complexity index is 403. The summed E-state index contributed by atoms with van der Waals surface area (Å²) in [5.74, 6) is -0.435. The summed E-state index contributed by atoms with van der Waals surface area (Å²) >= 11 is 0. The predicted octanol–water partition coefficient (Wildman–Crippen LogP) is 2.49. The number of hydrogen-bond donors (Lipinski definition) is 0. The lowest BCUT2D eigenvalue weighted by molar-refractivity contribution is -0.141. The van der Waals surface area contributed by atoms with Gasteiger partial charge in [-0.25, -0.2) is 0 Å². The van der Waals surface area contributed by atoms with Gasteiger partial charge >= 0.3 is 5.97 Å². The molecule has 0 fully saturated rings. The van der Waals surface area contributed by atoms with Crippen molar-refractivity contribution < 1.29 is 13.7 Å². The van der Waals surface area contributed by atoms with E-state index in [1.165, 1.54) is 7.11 Å². The Kier molecular flexibility index (Phi) is 6.05. The second kappa shape index (κ2) is 7.31. The minimum absolute atomic E-state index is 0.0980. The monoisotopic (exact) mass is 268 g/mol. The Morgan fingerprint density at radius 2 is 1.94 bits per heavy atom. The molecule has 0 N–H and O–H groups in total. The molecule has 4 heteroatoms. The maximum atomic E-state index is 12.1. The second-order valence-electron chi connectivity index (χ2n) is 4.25. The van der Waals surface area contributed by atoms with Crippen LogP contribution in [0.1, 0.15) is 31.7 Å². The molecule has 0 saturated carbocycles. The summed E-state index contributed by atoms with van der Waals surface area (Å²) in [6.45, 7) is 3.94. The van der Waals surface area contributed by atoms with Crippen LogP contribution in [0.3, 0.4) is 0 Å². The number of rotatable bonds is 6. The summed E-state index contributed by atoms with van der Waals surface area (Å²) in [6.07, 6.45) is 0.843. The van der Waals surface area contributed by atoms with E-state index in [-0.39, 0.29) is 11.2 Å². The molecular formula is C14H20O3S. The van der Waals surface area contributed by atoms with E-state index in [1.807, 2.05) is 44.2 Å². The number of benzene rings is 1. The zero-order chi connectivity index (χ0) is 13.5. The Labute approximate surface area is 111 Å². The topological polar surface area (TPSA) is 43.4 Å². The van der Waals surface area contributed by atoms with Gasteiger partial charge in [0.05, 0.1) is 13.0 Å². The molecule has 3 unspecified atom stereocenters. The van der Waals surface area contributed by atoms with Crippen molar-refractivity contribution in [2.24, 2.45) is 0 Å². The second-order valence-corrected chi connectivity index (χ2v) is 6.15. The fourth-order valence-corrected chi connectivity index (χ4v) is 3.00. The molecule has 0 aromatic heterocycles. The van der Waals surface area contributed by atoms with E-state index in [9.17, 15) is 9.00 Å². The number of hydrogen-bond acceptors (Lipinski definition) is 3. The molecule has 3 nitrogen and oxygen atoms in total. The molecule has 100 valence electrons. The molecule has 0 heterocycles. The smallest absolute Gasteiger partial charge is 0.314 e. The van der Waals surface area contributed by atoms with Gasteiger partial charge in [0, 0.05) is 21.8 Å². The third-order valence-corrected chi connectivity index (χ3v) is 4.94. The van der Waals surface area contributed by atoms with Crippen LogP contribution in [-0.4, -0.2) is 28.3 Å². The minimum Gasteiger partial charge on any atom is -0.469 e. The van der Waals surface area contributed by atoms with Crippen molar-refractivity contribution in [3.63, 3.8) is 0 Å². The number of carbonyl (C=O) groups excluding carboxylic acids is 1. The lowest BCUT2D eigenvalue weighted by atomic mass is 10.0. The molecule has 1 rings (SSSR count). The highest BCUT2D eigenvalue weighted by atomic mass is 32.2. The van der Waals surface area contributed by atoms with Crippen LogP contribution in [0.2, 0.25) is 0 Å². The molecule has 0 radical (unpaired) electrons. The van der Waals surface area contributed by atoms with E-state index in [1.54, 1.807) is 0 Å². The van der Waals surface area contributed by atoms with Crippen LogP contribution in [0.4, 0.5) is 0 Å². The summed E-state index contributed by atoms with van der Waals surface area (Å²) in [4.78, 5) is 11.8. The van der Waals surface area contributed by atoms with Crippen LogP contribution in [0.25, 0.3) is 0 Å². The van der Waals surface area contributed by atoms with Crippen LogP contribution >= 0.6 is 0 Å². The van der Waals surface area contributed by atoms with Gasteiger partial charge in [0.25, 0.3) is 0 Å². The standard InChI is InChI=1S/C14H20O3S/c1-4-11(2)18(16)10-13(14(15)17-3)12-8-6-5-7-9-12/h5-9,11,13H,4,10H2,1-3H3. The fourth-order valence-electron chi connectivity index (χ4n) is 1.64. The largest absolute Gasteiger partial charge is 0.469 e. The Hall–Kier alpha value is -1.16. The summed E-state index contributed by atoms with van der Waals surface area (Å²) < 4.78 is 16.9. The molecule has 0 amide bonds. The molecule has 3 atom stereocenters. The molecule has 18 heavy (non-hydrogen) atoms. The van der Waals surface area contributed by atoms with Gasteiger partial charge < -0.3 is 4.74 Å². The first-order valence-corrected chi connectivity index (χ1v) is 7.48. The number of methoxy groups -OCH3 is 1. The van der Waals surface area contributed by atoms with Crippen LogP contribution in [0.15, 0.2) is 30.3 Å². The first kappa shape index (κ1) is 14.9. The molecule has 0 bridgehead atoms. The Balaban J connectivity index is 2.87. The van der Waals surface area contributed by atoms with Crippen LogP contribution < -0.4 is 0 Å². The average Bonchev–Trinajstić information content (AvgIpc) is 2.43. The number of ether oxygens (including phenoxy) is 1. The van der Waals surface area contributed by atoms with Crippen molar-refractivity contribution in [2.45, 2.75) is 31.4 Å². The van der Waals surface area contributed by atoms with Crippen molar-refractivity contribution in [3.8, 4) is 0 Å². The third kappa shape index (κ3) is 3.95. The first-order chi connectivity index (χ1) is 8.60. The Morgan fingerprint density at radius 3 is 2.44 bits per heavy atom. The average molecular weight is 268 g/mol. The number of esters is 1. The summed E-state index contributed by atoms with van der Waals surface area (Å²) in [5.41, 5.74) is 0.862. The number of carbonyl (C=O) groups is 1. The van der Waals surface area contributed by atoms with E-state index < -0.39 is 16.7 Å². The van der Waals surface area contributed by atoms with Gasteiger partial charge in [-0.05, 0) is 12.0 Å². The summed E-state index contributed by atoms with van der Waals surface area (Å²) in [6, 6.07) is 9.38. The highest BCUT2D eigenvalue weighted by Gasteiger charge is 2.25. The van der Waals surface area contributed by atoms with E-state index in [0.29, 0.717) is 5.75 Å². The third-order valence-electron chi connectivity index (χ3n) is 3.04. The lowest BCUT2D eigenvalue weighted by Gasteiger charge is -2.17. The summed E-state index contributed by atoms with van der Waals surface area (Å²) in [7, 11) is 0.347. The van der Waals surface area contributed by atoms with Crippen LogP contribution in [0.5, 0.6) is 0 Å². The van der Waals surface area contributed by atoms with E-state index in [0.717, 1.165) is 12.0 Å². The highest BCUT2D eigenvalue weighted by molar-refractivity contribution is 7.85. The molecule has 1 aromatic rings. The molecular weight excluding hydrogens is 248 g/mol. The quantitative estimate of drug-likeness (QED) is 0.744. The molecule has 0 aliphatic carbocycles. The van der Waals surface area contributed by atoms with Crippen molar-refractivity contribution >= 4 is 16.8 Å². The normalized spacial score (nSPS) is 15.7. The Morgan fingerprint density at radius 1 is 1.33 bits per heavy atom. The maximum absolute atomic E-state index is 12.1. The van der Waals surface area contributed by atoms with Gasteiger partial charge in [-0.1, -0.05) is 44.2 Å². The first-order valence-electron chi connectivity index (χ1n) is 6.10. The van der Waals surface area contributed by atoms with Crippen molar-refractivity contribution in [3.05, 3.63) is 35.9 Å². The molecule has 0 aliphatic heterocycles. The molecule has 0 aliphatic rings.